The number of piperidine rings is 1. The molecule has 154 valence electrons. The van der Waals surface area contributed by atoms with Gasteiger partial charge in [-0.25, -0.2) is 0 Å². The number of carbonyl (C=O) groups is 1. The van der Waals surface area contributed by atoms with Crippen molar-refractivity contribution in [3.8, 4) is 5.75 Å². The molecule has 1 aromatic carbocycles. The molecule has 0 atom stereocenters. The number of anilines is 1. The highest BCUT2D eigenvalue weighted by molar-refractivity contribution is 5.92. The zero-order valence-corrected chi connectivity index (χ0v) is 16.6. The van der Waals surface area contributed by atoms with Gasteiger partial charge in [0.25, 0.3) is 5.91 Å². The molecule has 8 nitrogen and oxygen atoms in total. The van der Waals surface area contributed by atoms with Crippen LogP contribution in [0.1, 0.15) is 28.9 Å². The molecule has 1 N–H and O–H groups in total. The van der Waals surface area contributed by atoms with Crippen LogP contribution in [0.5, 0.6) is 5.75 Å². The van der Waals surface area contributed by atoms with Gasteiger partial charge in [-0.2, -0.15) is 0 Å². The second-order valence-corrected chi connectivity index (χ2v) is 7.23. The Kier molecular flexibility index (Phi) is 5.92. The smallest absolute Gasteiger partial charge is 0.274 e. The monoisotopic (exact) mass is 398 g/mol. The average molecular weight is 398 g/mol. The van der Waals surface area contributed by atoms with E-state index in [1.165, 1.54) is 5.56 Å². The number of amides is 1. The van der Waals surface area contributed by atoms with Crippen molar-refractivity contribution in [3.05, 3.63) is 47.7 Å². The highest BCUT2D eigenvalue weighted by atomic mass is 16.7. The van der Waals surface area contributed by atoms with Gasteiger partial charge < -0.3 is 24.4 Å². The van der Waals surface area contributed by atoms with Gasteiger partial charge in [-0.15, -0.1) is 10.2 Å². The number of nitrogens with one attached hydrogen (secondary N) is 1. The maximum atomic E-state index is 12.7. The molecule has 8 heteroatoms. The van der Waals surface area contributed by atoms with Gasteiger partial charge in [0.05, 0.1) is 20.3 Å². The third kappa shape index (κ3) is 4.65. The number of nitrogens with zero attached hydrogens (tertiary/aromatic N) is 3. The minimum absolute atomic E-state index is 0.103. The Balaban J connectivity index is 1.27. The molecule has 0 bridgehead atoms. The van der Waals surface area contributed by atoms with E-state index >= 15 is 0 Å². The van der Waals surface area contributed by atoms with Crippen molar-refractivity contribution >= 4 is 11.7 Å². The summed E-state index contributed by atoms with van der Waals surface area (Å²) in [5, 5.41) is 11.5. The first-order chi connectivity index (χ1) is 14.2. The van der Waals surface area contributed by atoms with Crippen molar-refractivity contribution in [1.82, 2.24) is 15.1 Å². The topological polar surface area (TPSA) is 85.8 Å². The Morgan fingerprint density at radius 2 is 1.97 bits per heavy atom. The van der Waals surface area contributed by atoms with Gasteiger partial charge in [-0.1, -0.05) is 12.1 Å². The van der Waals surface area contributed by atoms with Crippen LogP contribution in [-0.4, -0.2) is 66.7 Å². The van der Waals surface area contributed by atoms with Gasteiger partial charge in [0.2, 0.25) is 0 Å². The zero-order valence-electron chi connectivity index (χ0n) is 16.6. The van der Waals surface area contributed by atoms with E-state index in [1.807, 2.05) is 18.2 Å². The summed E-state index contributed by atoms with van der Waals surface area (Å²) in [6, 6.07) is 11.5. The summed E-state index contributed by atoms with van der Waals surface area (Å²) in [4.78, 5) is 14.5. The molecule has 1 aromatic heterocycles. The number of benzene rings is 1. The van der Waals surface area contributed by atoms with Crippen LogP contribution in [0.25, 0.3) is 0 Å². The summed E-state index contributed by atoms with van der Waals surface area (Å²) in [7, 11) is 1.66. The maximum Gasteiger partial charge on any atom is 0.274 e. The highest BCUT2D eigenvalue weighted by Gasteiger charge is 2.41. The molecule has 4 rings (SSSR count). The van der Waals surface area contributed by atoms with Crippen molar-refractivity contribution in [2.24, 2.45) is 0 Å². The summed E-state index contributed by atoms with van der Waals surface area (Å²) in [6.07, 6.45) is 2.21. The summed E-state index contributed by atoms with van der Waals surface area (Å²) in [6.45, 7) is 3.17. The molecule has 2 saturated heterocycles. The number of aromatic nitrogens is 2. The summed E-state index contributed by atoms with van der Waals surface area (Å²) >= 11 is 0. The predicted molar refractivity (Wildman–Crippen MR) is 107 cm³/mol. The van der Waals surface area contributed by atoms with Crippen LogP contribution < -0.4 is 10.1 Å². The van der Waals surface area contributed by atoms with Gasteiger partial charge in [-0.05, 0) is 36.2 Å². The minimum Gasteiger partial charge on any atom is -0.497 e. The molecular formula is C21H26N4O4. The second kappa shape index (κ2) is 8.75. The van der Waals surface area contributed by atoms with Crippen molar-refractivity contribution in [2.75, 3.05) is 45.3 Å². The number of likely N-dealkylation sites (tertiary alicyclic amines) is 1. The molecule has 2 aliphatic rings. The van der Waals surface area contributed by atoms with E-state index in [4.69, 9.17) is 14.2 Å². The minimum atomic E-state index is -0.487. The van der Waals surface area contributed by atoms with E-state index in [9.17, 15) is 4.79 Å². The lowest BCUT2D eigenvalue weighted by molar-refractivity contribution is -0.181. The first-order valence-electron chi connectivity index (χ1n) is 9.95. The van der Waals surface area contributed by atoms with Crippen LogP contribution in [0.3, 0.4) is 0 Å². The zero-order chi connectivity index (χ0) is 20.1. The Bertz CT molecular complexity index is 827. The summed E-state index contributed by atoms with van der Waals surface area (Å²) < 4.78 is 16.7. The second-order valence-electron chi connectivity index (χ2n) is 7.23. The Morgan fingerprint density at radius 1 is 1.17 bits per heavy atom. The molecule has 0 radical (unpaired) electrons. The van der Waals surface area contributed by atoms with E-state index in [2.05, 4.69) is 21.6 Å². The Labute approximate surface area is 170 Å². The standard InChI is InChI=1S/C21H26N4O4/c1-27-17-4-2-3-16(15-17)7-10-22-19-6-5-18(23-24-19)20(26)25-11-8-21(9-12-25)28-13-14-29-21/h2-6,15H,7-14H2,1H3,(H,22,24). The third-order valence-corrected chi connectivity index (χ3v) is 5.36. The fraction of sp³-hybridized carbons (Fsp3) is 0.476. The van der Waals surface area contributed by atoms with Crippen LogP contribution in [0.15, 0.2) is 36.4 Å². The molecular weight excluding hydrogens is 372 g/mol. The lowest BCUT2D eigenvalue weighted by atomic mass is 10.0. The van der Waals surface area contributed by atoms with E-state index in [0.717, 1.165) is 12.2 Å². The van der Waals surface area contributed by atoms with E-state index in [1.54, 1.807) is 24.1 Å². The normalized spacial score (nSPS) is 18.0. The van der Waals surface area contributed by atoms with Crippen LogP contribution in [0.2, 0.25) is 0 Å². The molecule has 0 saturated carbocycles. The first kappa shape index (κ1) is 19.6. The number of hydrogen-bond donors (Lipinski definition) is 1. The van der Waals surface area contributed by atoms with Crippen molar-refractivity contribution < 1.29 is 19.0 Å². The van der Waals surface area contributed by atoms with Crippen LogP contribution >= 0.6 is 0 Å². The Morgan fingerprint density at radius 3 is 2.66 bits per heavy atom. The fourth-order valence-electron chi connectivity index (χ4n) is 3.70. The quantitative estimate of drug-likeness (QED) is 0.798. The van der Waals surface area contributed by atoms with Gasteiger partial charge in [0.1, 0.15) is 11.6 Å². The number of rotatable bonds is 6. The molecule has 0 unspecified atom stereocenters. The number of carbonyl (C=O) groups excluding carboxylic acids is 1. The third-order valence-electron chi connectivity index (χ3n) is 5.36. The molecule has 2 aliphatic heterocycles. The molecule has 3 heterocycles. The maximum absolute atomic E-state index is 12.7. The number of hydrogen-bond acceptors (Lipinski definition) is 7. The lowest BCUT2D eigenvalue weighted by Gasteiger charge is -2.37. The molecule has 0 aliphatic carbocycles. The van der Waals surface area contributed by atoms with Crippen molar-refractivity contribution in [1.29, 1.82) is 0 Å². The molecule has 1 amide bonds. The number of ether oxygens (including phenoxy) is 3. The highest BCUT2D eigenvalue weighted by Crippen LogP contribution is 2.31. The summed E-state index contributed by atoms with van der Waals surface area (Å²) in [5.41, 5.74) is 1.53. The van der Waals surface area contributed by atoms with Gasteiger partial charge in [-0.3, -0.25) is 4.79 Å². The average Bonchev–Trinajstić information content (AvgIpc) is 3.22. The van der Waals surface area contributed by atoms with Crippen LogP contribution in [0.4, 0.5) is 5.82 Å². The predicted octanol–water partition coefficient (Wildman–Crippen LogP) is 2.12. The van der Waals surface area contributed by atoms with Gasteiger partial charge in [0, 0.05) is 32.5 Å². The molecule has 2 fully saturated rings. The van der Waals surface area contributed by atoms with Gasteiger partial charge >= 0.3 is 0 Å². The van der Waals surface area contributed by atoms with Crippen molar-refractivity contribution in [3.63, 3.8) is 0 Å². The largest absolute Gasteiger partial charge is 0.497 e. The SMILES string of the molecule is COc1cccc(CCNc2ccc(C(=O)N3CCC4(CC3)OCCO4)nn2)c1. The Hall–Kier alpha value is -2.71. The van der Waals surface area contributed by atoms with E-state index in [-0.39, 0.29) is 5.91 Å². The summed E-state index contributed by atoms with van der Waals surface area (Å²) in [5.74, 6) is 0.904. The molecule has 29 heavy (non-hydrogen) atoms. The van der Waals surface area contributed by atoms with Crippen molar-refractivity contribution in [2.45, 2.75) is 25.0 Å². The lowest BCUT2D eigenvalue weighted by Crippen LogP contribution is -2.47. The van der Waals surface area contributed by atoms with E-state index in [0.29, 0.717) is 57.2 Å². The number of methoxy groups -OCH3 is 1. The molecule has 2 aromatic rings. The first-order valence-corrected chi connectivity index (χ1v) is 9.95. The fourth-order valence-corrected chi connectivity index (χ4v) is 3.70. The van der Waals surface area contributed by atoms with Crippen LogP contribution in [0, 0.1) is 0 Å². The molecule has 1 spiro atoms. The van der Waals surface area contributed by atoms with Crippen LogP contribution in [-0.2, 0) is 15.9 Å². The van der Waals surface area contributed by atoms with Gasteiger partial charge in [0.15, 0.2) is 11.5 Å². The van der Waals surface area contributed by atoms with E-state index < -0.39 is 5.79 Å².